The van der Waals surface area contributed by atoms with Gasteiger partial charge in [0, 0.05) is 17.7 Å². The number of hydrogen-bond acceptors (Lipinski definition) is 2. The molecule has 0 aliphatic rings. The van der Waals surface area contributed by atoms with Crippen LogP contribution in [0, 0.1) is 25.5 Å². The molecule has 0 heterocycles. The molecule has 20 heavy (non-hydrogen) atoms. The summed E-state index contributed by atoms with van der Waals surface area (Å²) >= 11 is 0. The summed E-state index contributed by atoms with van der Waals surface area (Å²) < 4.78 is 32.9. The van der Waals surface area contributed by atoms with Crippen molar-refractivity contribution in [2.24, 2.45) is 5.73 Å². The van der Waals surface area contributed by atoms with Gasteiger partial charge in [0.15, 0.2) is 0 Å². The van der Waals surface area contributed by atoms with Crippen LogP contribution in [-0.2, 0) is 0 Å². The topological polar surface area (TPSA) is 35.2 Å². The molecule has 0 aromatic heterocycles. The third kappa shape index (κ3) is 2.65. The number of rotatable bonds is 3. The predicted molar refractivity (Wildman–Crippen MR) is 74.9 cm³/mol. The van der Waals surface area contributed by atoms with E-state index in [0.717, 1.165) is 23.3 Å². The number of hydrogen-bond donors (Lipinski definition) is 1. The number of benzene rings is 2. The third-order valence-corrected chi connectivity index (χ3v) is 3.49. The molecule has 0 fully saturated rings. The lowest BCUT2D eigenvalue weighted by Crippen LogP contribution is -2.16. The van der Waals surface area contributed by atoms with Gasteiger partial charge in [-0.25, -0.2) is 8.78 Å². The SMILES string of the molecule is COc1cc(F)c(C(N)c2ccc(C)c(C)c2)c(F)c1. The molecule has 1 unspecified atom stereocenters. The van der Waals surface area contributed by atoms with Crippen LogP contribution in [0.25, 0.3) is 0 Å². The molecule has 2 N–H and O–H groups in total. The van der Waals surface area contributed by atoms with Gasteiger partial charge in [0.2, 0.25) is 0 Å². The summed E-state index contributed by atoms with van der Waals surface area (Å²) in [5.74, 6) is -1.27. The van der Waals surface area contributed by atoms with Crippen LogP contribution in [0.2, 0.25) is 0 Å². The van der Waals surface area contributed by atoms with E-state index in [2.05, 4.69) is 0 Å². The van der Waals surface area contributed by atoms with E-state index in [9.17, 15) is 8.78 Å². The number of methoxy groups -OCH3 is 1. The summed E-state index contributed by atoms with van der Waals surface area (Å²) in [5, 5.41) is 0. The van der Waals surface area contributed by atoms with Crippen molar-refractivity contribution in [3.05, 3.63) is 64.2 Å². The van der Waals surface area contributed by atoms with Gasteiger partial charge in [0.25, 0.3) is 0 Å². The Hall–Kier alpha value is -1.94. The van der Waals surface area contributed by atoms with E-state index in [0.29, 0.717) is 5.56 Å². The molecule has 2 aromatic carbocycles. The van der Waals surface area contributed by atoms with Crippen molar-refractivity contribution in [3.63, 3.8) is 0 Å². The lowest BCUT2D eigenvalue weighted by molar-refractivity contribution is 0.404. The van der Waals surface area contributed by atoms with Crippen molar-refractivity contribution in [3.8, 4) is 5.75 Å². The highest BCUT2D eigenvalue weighted by Gasteiger charge is 2.20. The Morgan fingerprint density at radius 3 is 2.10 bits per heavy atom. The monoisotopic (exact) mass is 277 g/mol. The first-order chi connectivity index (χ1) is 9.43. The van der Waals surface area contributed by atoms with Crippen LogP contribution in [0.4, 0.5) is 8.78 Å². The second-order valence-corrected chi connectivity index (χ2v) is 4.83. The Kier molecular flexibility index (Phi) is 4.04. The summed E-state index contributed by atoms with van der Waals surface area (Å²) in [6, 6.07) is 6.96. The maximum absolute atomic E-state index is 14.0. The van der Waals surface area contributed by atoms with E-state index in [1.165, 1.54) is 7.11 Å². The molecule has 4 heteroatoms. The molecule has 0 saturated carbocycles. The van der Waals surface area contributed by atoms with Gasteiger partial charge < -0.3 is 10.5 Å². The van der Waals surface area contributed by atoms with Crippen molar-refractivity contribution in [1.82, 2.24) is 0 Å². The van der Waals surface area contributed by atoms with E-state index in [-0.39, 0.29) is 11.3 Å². The molecule has 0 aliphatic heterocycles. The van der Waals surface area contributed by atoms with Crippen LogP contribution < -0.4 is 10.5 Å². The van der Waals surface area contributed by atoms with Crippen LogP contribution in [0.1, 0.15) is 28.3 Å². The van der Waals surface area contributed by atoms with E-state index >= 15 is 0 Å². The Morgan fingerprint density at radius 2 is 1.60 bits per heavy atom. The number of nitrogens with two attached hydrogens (primary N) is 1. The fraction of sp³-hybridized carbons (Fsp3) is 0.250. The second-order valence-electron chi connectivity index (χ2n) is 4.83. The van der Waals surface area contributed by atoms with E-state index in [1.807, 2.05) is 26.0 Å². The van der Waals surface area contributed by atoms with Crippen LogP contribution in [0.15, 0.2) is 30.3 Å². The van der Waals surface area contributed by atoms with Crippen molar-refractivity contribution in [2.45, 2.75) is 19.9 Å². The predicted octanol–water partition coefficient (Wildman–Crippen LogP) is 3.64. The quantitative estimate of drug-likeness (QED) is 0.929. The molecule has 2 rings (SSSR count). The fourth-order valence-corrected chi connectivity index (χ4v) is 2.10. The van der Waals surface area contributed by atoms with Crippen LogP contribution >= 0.6 is 0 Å². The average molecular weight is 277 g/mol. The van der Waals surface area contributed by atoms with Crippen molar-refractivity contribution >= 4 is 0 Å². The lowest BCUT2D eigenvalue weighted by atomic mass is 9.95. The summed E-state index contributed by atoms with van der Waals surface area (Å²) in [6.07, 6.45) is 0. The van der Waals surface area contributed by atoms with Crippen molar-refractivity contribution < 1.29 is 13.5 Å². The van der Waals surface area contributed by atoms with Gasteiger partial charge in [-0.3, -0.25) is 0 Å². The zero-order valence-electron chi connectivity index (χ0n) is 11.7. The fourth-order valence-electron chi connectivity index (χ4n) is 2.10. The number of aryl methyl sites for hydroxylation is 2. The molecule has 2 nitrogen and oxygen atoms in total. The van der Waals surface area contributed by atoms with Crippen molar-refractivity contribution in [2.75, 3.05) is 7.11 Å². The van der Waals surface area contributed by atoms with Gasteiger partial charge >= 0.3 is 0 Å². The van der Waals surface area contributed by atoms with Gasteiger partial charge in [0.05, 0.1) is 13.2 Å². The minimum Gasteiger partial charge on any atom is -0.497 e. The largest absolute Gasteiger partial charge is 0.497 e. The van der Waals surface area contributed by atoms with Gasteiger partial charge in [-0.2, -0.15) is 0 Å². The molecular formula is C16H17F2NO. The first kappa shape index (κ1) is 14.5. The molecule has 106 valence electrons. The number of halogens is 2. The summed E-state index contributed by atoms with van der Waals surface area (Å²) in [7, 11) is 1.36. The first-order valence-corrected chi connectivity index (χ1v) is 6.29. The Labute approximate surface area is 117 Å². The van der Waals surface area contributed by atoms with E-state index < -0.39 is 17.7 Å². The van der Waals surface area contributed by atoms with E-state index in [4.69, 9.17) is 10.5 Å². The molecule has 0 amide bonds. The summed E-state index contributed by atoms with van der Waals surface area (Å²) in [5.41, 5.74) is 8.68. The Bertz CT molecular complexity index is 617. The average Bonchev–Trinajstić information content (AvgIpc) is 2.40. The van der Waals surface area contributed by atoms with Gasteiger partial charge in [-0.1, -0.05) is 18.2 Å². The highest BCUT2D eigenvalue weighted by molar-refractivity contribution is 5.40. The number of ether oxygens (including phenoxy) is 1. The zero-order valence-corrected chi connectivity index (χ0v) is 11.7. The second kappa shape index (κ2) is 5.59. The standard InChI is InChI=1S/C16H17F2NO/c1-9-4-5-11(6-10(9)2)16(19)15-13(17)7-12(20-3)8-14(15)18/h4-8,16H,19H2,1-3H3. The van der Waals surface area contributed by atoms with Gasteiger partial charge in [-0.05, 0) is 30.5 Å². The third-order valence-electron chi connectivity index (χ3n) is 3.49. The van der Waals surface area contributed by atoms with Crippen molar-refractivity contribution in [1.29, 1.82) is 0 Å². The molecular weight excluding hydrogens is 260 g/mol. The van der Waals surface area contributed by atoms with Gasteiger partial charge in [-0.15, -0.1) is 0 Å². The Morgan fingerprint density at radius 1 is 1.00 bits per heavy atom. The van der Waals surface area contributed by atoms with Crippen LogP contribution in [0.5, 0.6) is 5.75 Å². The summed E-state index contributed by atoms with van der Waals surface area (Å²) in [4.78, 5) is 0. The molecule has 0 radical (unpaired) electrons. The molecule has 0 saturated heterocycles. The highest BCUT2D eigenvalue weighted by Crippen LogP contribution is 2.29. The van der Waals surface area contributed by atoms with Crippen LogP contribution in [-0.4, -0.2) is 7.11 Å². The summed E-state index contributed by atoms with van der Waals surface area (Å²) in [6.45, 7) is 3.91. The van der Waals surface area contributed by atoms with Gasteiger partial charge in [0.1, 0.15) is 17.4 Å². The minimum atomic E-state index is -0.847. The van der Waals surface area contributed by atoms with E-state index in [1.54, 1.807) is 6.07 Å². The molecule has 0 spiro atoms. The minimum absolute atomic E-state index is 0.135. The zero-order chi connectivity index (χ0) is 14.9. The lowest BCUT2D eigenvalue weighted by Gasteiger charge is -2.16. The highest BCUT2D eigenvalue weighted by atomic mass is 19.1. The first-order valence-electron chi connectivity index (χ1n) is 6.29. The normalized spacial score (nSPS) is 12.3. The molecule has 2 aromatic rings. The molecule has 0 aliphatic carbocycles. The van der Waals surface area contributed by atoms with Crippen LogP contribution in [0.3, 0.4) is 0 Å². The molecule has 0 bridgehead atoms. The smallest absolute Gasteiger partial charge is 0.134 e. The maximum Gasteiger partial charge on any atom is 0.134 e. The molecule has 1 atom stereocenters. The maximum atomic E-state index is 14.0. The Balaban J connectivity index is 2.47.